The number of nitrogens with one attached hydrogen (secondary N) is 1. The molecule has 1 unspecified atom stereocenters. The Morgan fingerprint density at radius 2 is 2.00 bits per heavy atom. The van der Waals surface area contributed by atoms with Crippen molar-refractivity contribution in [1.82, 2.24) is 10.2 Å². The van der Waals surface area contributed by atoms with Gasteiger partial charge >= 0.3 is 5.97 Å². The second-order valence-corrected chi connectivity index (χ2v) is 5.50. The van der Waals surface area contributed by atoms with Crippen molar-refractivity contribution in [1.29, 1.82) is 0 Å². The maximum absolute atomic E-state index is 11.5. The Morgan fingerprint density at radius 3 is 2.40 bits per heavy atom. The number of rotatable bonds is 12. The number of carbonyl (C=O) groups is 1. The van der Waals surface area contributed by atoms with Crippen molar-refractivity contribution in [2.24, 2.45) is 0 Å². The summed E-state index contributed by atoms with van der Waals surface area (Å²) in [5.74, 6) is -0.741. The first-order valence-electron chi connectivity index (χ1n) is 7.64. The zero-order valence-electron chi connectivity index (χ0n) is 13.7. The van der Waals surface area contributed by atoms with Gasteiger partial charge in [0.25, 0.3) is 0 Å². The van der Waals surface area contributed by atoms with Crippen molar-refractivity contribution in [3.63, 3.8) is 0 Å². The molecule has 0 aromatic rings. The van der Waals surface area contributed by atoms with Gasteiger partial charge in [-0.05, 0) is 46.2 Å². The minimum Gasteiger partial charge on any atom is -0.480 e. The molecule has 0 heterocycles. The first kappa shape index (κ1) is 19.4. The van der Waals surface area contributed by atoms with Crippen LogP contribution in [0.25, 0.3) is 0 Å². The van der Waals surface area contributed by atoms with Crippen LogP contribution in [-0.4, -0.2) is 60.9 Å². The number of carboxylic acids is 1. The summed E-state index contributed by atoms with van der Waals surface area (Å²) in [6.45, 7) is 11.4. The van der Waals surface area contributed by atoms with Gasteiger partial charge in [0.05, 0.1) is 6.61 Å². The van der Waals surface area contributed by atoms with Gasteiger partial charge in [0.15, 0.2) is 0 Å². The number of hydrogen-bond donors (Lipinski definition) is 2. The van der Waals surface area contributed by atoms with Gasteiger partial charge < -0.3 is 15.2 Å². The highest BCUT2D eigenvalue weighted by Gasteiger charge is 2.35. The maximum atomic E-state index is 11.5. The van der Waals surface area contributed by atoms with Gasteiger partial charge in [0, 0.05) is 19.7 Å². The molecule has 5 heteroatoms. The lowest BCUT2D eigenvalue weighted by molar-refractivity contribution is -0.145. The molecule has 0 bridgehead atoms. The van der Waals surface area contributed by atoms with Gasteiger partial charge in [0.2, 0.25) is 0 Å². The van der Waals surface area contributed by atoms with E-state index in [-0.39, 0.29) is 0 Å². The molecule has 0 amide bonds. The third-order valence-electron chi connectivity index (χ3n) is 3.89. The van der Waals surface area contributed by atoms with E-state index in [1.165, 1.54) is 0 Å². The van der Waals surface area contributed by atoms with Gasteiger partial charge in [0.1, 0.15) is 5.54 Å². The molecule has 0 aromatic carbocycles. The summed E-state index contributed by atoms with van der Waals surface area (Å²) in [6.07, 6.45) is 2.13. The van der Waals surface area contributed by atoms with Crippen molar-refractivity contribution in [3.8, 4) is 0 Å². The third kappa shape index (κ3) is 6.20. The van der Waals surface area contributed by atoms with E-state index >= 15 is 0 Å². The summed E-state index contributed by atoms with van der Waals surface area (Å²) >= 11 is 0. The number of ether oxygens (including phenoxy) is 1. The van der Waals surface area contributed by atoms with E-state index in [1.54, 1.807) is 7.11 Å². The SMILES string of the molecule is CCNC(CC)(CCCN(CCOC)C(C)C)C(=O)O. The highest BCUT2D eigenvalue weighted by Crippen LogP contribution is 2.18. The quantitative estimate of drug-likeness (QED) is 0.575. The molecule has 0 aliphatic heterocycles. The second kappa shape index (κ2) is 10.1. The topological polar surface area (TPSA) is 61.8 Å². The zero-order chi connectivity index (χ0) is 15.6. The Hall–Kier alpha value is -0.650. The van der Waals surface area contributed by atoms with Crippen LogP contribution in [0.15, 0.2) is 0 Å². The fourth-order valence-corrected chi connectivity index (χ4v) is 2.48. The molecule has 1 atom stereocenters. The van der Waals surface area contributed by atoms with Crippen molar-refractivity contribution in [3.05, 3.63) is 0 Å². The first-order valence-corrected chi connectivity index (χ1v) is 7.64. The number of likely N-dealkylation sites (N-methyl/N-ethyl adjacent to an activating group) is 1. The largest absolute Gasteiger partial charge is 0.480 e. The third-order valence-corrected chi connectivity index (χ3v) is 3.89. The van der Waals surface area contributed by atoms with Crippen molar-refractivity contribution in [2.75, 3.05) is 33.4 Å². The molecule has 5 nitrogen and oxygen atoms in total. The van der Waals surface area contributed by atoms with E-state index in [9.17, 15) is 9.90 Å². The minimum absolute atomic E-state index is 0.449. The number of aliphatic carboxylic acids is 1. The number of carboxylic acid groups (broad SMARTS) is 1. The van der Waals surface area contributed by atoms with Gasteiger partial charge in [-0.15, -0.1) is 0 Å². The molecular weight excluding hydrogens is 256 g/mol. The number of methoxy groups -OCH3 is 1. The molecule has 20 heavy (non-hydrogen) atoms. The summed E-state index contributed by atoms with van der Waals surface area (Å²) in [7, 11) is 1.70. The number of nitrogens with zero attached hydrogens (tertiary/aromatic N) is 1. The van der Waals surface area contributed by atoms with Crippen LogP contribution in [-0.2, 0) is 9.53 Å². The van der Waals surface area contributed by atoms with Crippen LogP contribution in [0.2, 0.25) is 0 Å². The van der Waals surface area contributed by atoms with Crippen LogP contribution < -0.4 is 5.32 Å². The lowest BCUT2D eigenvalue weighted by Gasteiger charge is -2.31. The van der Waals surface area contributed by atoms with Gasteiger partial charge in [-0.3, -0.25) is 9.69 Å². The lowest BCUT2D eigenvalue weighted by Crippen LogP contribution is -2.52. The van der Waals surface area contributed by atoms with Crippen LogP contribution in [0.4, 0.5) is 0 Å². The Balaban J connectivity index is 4.43. The highest BCUT2D eigenvalue weighted by atomic mass is 16.5. The standard InChI is InChI=1S/C15H32N2O3/c1-6-15(14(18)19,16-7-2)9-8-10-17(13(3)4)11-12-20-5/h13,16H,6-12H2,1-5H3,(H,18,19). The van der Waals surface area contributed by atoms with Crippen molar-refractivity contribution in [2.45, 2.75) is 58.5 Å². The van der Waals surface area contributed by atoms with E-state index < -0.39 is 11.5 Å². The van der Waals surface area contributed by atoms with Crippen LogP contribution in [0, 0.1) is 0 Å². The zero-order valence-corrected chi connectivity index (χ0v) is 13.7. The predicted octanol–water partition coefficient (Wildman–Crippen LogP) is 1.97. The summed E-state index contributed by atoms with van der Waals surface area (Å²) < 4.78 is 5.12. The van der Waals surface area contributed by atoms with Crippen LogP contribution in [0.5, 0.6) is 0 Å². The Kier molecular flexibility index (Phi) is 9.80. The average molecular weight is 288 g/mol. The molecule has 2 N–H and O–H groups in total. The Labute approximate surface area is 123 Å². The minimum atomic E-state index is -0.779. The van der Waals surface area contributed by atoms with Gasteiger partial charge in [-0.2, -0.15) is 0 Å². The Morgan fingerprint density at radius 1 is 1.35 bits per heavy atom. The molecule has 0 saturated heterocycles. The fourth-order valence-electron chi connectivity index (χ4n) is 2.48. The Bertz CT molecular complexity index is 272. The summed E-state index contributed by atoms with van der Waals surface area (Å²) in [6, 6.07) is 0.449. The summed E-state index contributed by atoms with van der Waals surface area (Å²) in [5.41, 5.74) is -0.779. The molecule has 0 spiro atoms. The van der Waals surface area contributed by atoms with E-state index in [4.69, 9.17) is 4.74 Å². The van der Waals surface area contributed by atoms with Crippen molar-refractivity contribution >= 4 is 5.97 Å². The molecule has 0 aromatic heterocycles. The number of hydrogen-bond acceptors (Lipinski definition) is 4. The second-order valence-electron chi connectivity index (χ2n) is 5.50. The maximum Gasteiger partial charge on any atom is 0.323 e. The molecular formula is C15H32N2O3. The molecule has 0 aliphatic carbocycles. The monoisotopic (exact) mass is 288 g/mol. The van der Waals surface area contributed by atoms with Crippen molar-refractivity contribution < 1.29 is 14.6 Å². The molecule has 0 aliphatic rings. The molecule has 0 fully saturated rings. The molecule has 0 radical (unpaired) electrons. The fraction of sp³-hybridized carbons (Fsp3) is 0.933. The van der Waals surface area contributed by atoms with Crippen LogP contribution in [0.3, 0.4) is 0 Å². The molecule has 0 saturated carbocycles. The van der Waals surface area contributed by atoms with E-state index in [0.29, 0.717) is 32.0 Å². The lowest BCUT2D eigenvalue weighted by atomic mass is 9.90. The van der Waals surface area contributed by atoms with Gasteiger partial charge in [-0.25, -0.2) is 0 Å². The van der Waals surface area contributed by atoms with E-state index in [0.717, 1.165) is 19.5 Å². The highest BCUT2D eigenvalue weighted by molar-refractivity contribution is 5.78. The smallest absolute Gasteiger partial charge is 0.323 e. The van der Waals surface area contributed by atoms with Gasteiger partial charge in [-0.1, -0.05) is 13.8 Å². The van der Waals surface area contributed by atoms with E-state index in [1.807, 2.05) is 13.8 Å². The summed E-state index contributed by atoms with van der Waals surface area (Å²) in [4.78, 5) is 13.9. The summed E-state index contributed by atoms with van der Waals surface area (Å²) in [5, 5.41) is 12.6. The van der Waals surface area contributed by atoms with Crippen LogP contribution >= 0.6 is 0 Å². The normalized spacial score (nSPS) is 14.8. The van der Waals surface area contributed by atoms with Crippen LogP contribution in [0.1, 0.15) is 47.0 Å². The molecule has 120 valence electrons. The first-order chi connectivity index (χ1) is 9.43. The van der Waals surface area contributed by atoms with E-state index in [2.05, 4.69) is 24.1 Å². The average Bonchev–Trinajstić information content (AvgIpc) is 2.40. The molecule has 0 rings (SSSR count). The predicted molar refractivity (Wildman–Crippen MR) is 82.2 cm³/mol.